The number of fused-ring (bicyclic) bond motifs is 7. The summed E-state index contributed by atoms with van der Waals surface area (Å²) >= 11 is 0. The zero-order chi connectivity index (χ0) is 35.6. The first-order chi connectivity index (χ1) is 26.7. The predicted octanol–water partition coefficient (Wildman–Crippen LogP) is 12.7. The highest BCUT2D eigenvalue weighted by atomic mass is 16.3. The molecule has 0 aliphatic rings. The van der Waals surface area contributed by atoms with Gasteiger partial charge in [-0.3, -0.25) is 0 Å². The Morgan fingerprint density at radius 1 is 0.333 bits per heavy atom. The summed E-state index contributed by atoms with van der Waals surface area (Å²) in [4.78, 5) is 15.0. The minimum atomic E-state index is 0.615. The highest BCUT2D eigenvalue weighted by Gasteiger charge is 2.16. The smallest absolute Gasteiger partial charge is 0.164 e. The molecule has 5 nitrogen and oxygen atoms in total. The van der Waals surface area contributed by atoms with Crippen LogP contribution in [-0.2, 0) is 0 Å². The van der Waals surface area contributed by atoms with Gasteiger partial charge in [-0.1, -0.05) is 127 Å². The van der Waals surface area contributed by atoms with Gasteiger partial charge >= 0.3 is 0 Å². The van der Waals surface area contributed by atoms with E-state index in [-0.39, 0.29) is 0 Å². The molecule has 0 amide bonds. The molecule has 0 saturated heterocycles. The molecule has 11 rings (SSSR count). The third-order valence-electron chi connectivity index (χ3n) is 10.4. The van der Waals surface area contributed by atoms with Crippen LogP contribution in [0, 0.1) is 0 Å². The Bertz CT molecular complexity index is 3200. The standard InChI is InChI=1S/C49H30N4O/c1-2-10-33(11-3-1)47-50-48(52-49(51-47)37-24-27-46-42(29-37)40-15-7-9-17-45(40)54-46)34-20-18-31(19-21-34)32-22-25-38(26-23-32)53-43-16-8-6-14-39(43)41-28-35-12-4-5-13-36(35)30-44(41)53/h1-30H. The topological polar surface area (TPSA) is 56.7 Å². The summed E-state index contributed by atoms with van der Waals surface area (Å²) in [6, 6.07) is 63.5. The van der Waals surface area contributed by atoms with Crippen LogP contribution in [-0.4, -0.2) is 19.5 Å². The van der Waals surface area contributed by atoms with Gasteiger partial charge in [0, 0.05) is 43.9 Å². The summed E-state index contributed by atoms with van der Waals surface area (Å²) in [5.41, 5.74) is 10.3. The van der Waals surface area contributed by atoms with Gasteiger partial charge in [-0.15, -0.1) is 0 Å². The van der Waals surface area contributed by atoms with Crippen LogP contribution in [0.2, 0.25) is 0 Å². The van der Waals surface area contributed by atoms with E-state index in [2.05, 4.69) is 126 Å². The second-order valence-corrected chi connectivity index (χ2v) is 13.7. The van der Waals surface area contributed by atoms with Crippen LogP contribution in [0.15, 0.2) is 186 Å². The van der Waals surface area contributed by atoms with Gasteiger partial charge in [-0.05, 0) is 76.5 Å². The van der Waals surface area contributed by atoms with Gasteiger partial charge in [-0.25, -0.2) is 15.0 Å². The zero-order valence-electron chi connectivity index (χ0n) is 29.0. The van der Waals surface area contributed by atoms with Gasteiger partial charge in [0.05, 0.1) is 11.0 Å². The molecule has 3 aromatic heterocycles. The number of rotatable bonds is 5. The third kappa shape index (κ3) is 4.98. The number of furan rings is 1. The van der Waals surface area contributed by atoms with Crippen molar-refractivity contribution in [2.75, 3.05) is 0 Å². The number of nitrogens with zero attached hydrogens (tertiary/aromatic N) is 4. The van der Waals surface area contributed by atoms with E-state index in [4.69, 9.17) is 19.4 Å². The molecule has 0 radical (unpaired) electrons. The maximum atomic E-state index is 6.10. The summed E-state index contributed by atoms with van der Waals surface area (Å²) in [5, 5.41) is 7.11. The van der Waals surface area contributed by atoms with Crippen LogP contribution < -0.4 is 0 Å². The lowest BCUT2D eigenvalue weighted by atomic mass is 10.0. The van der Waals surface area contributed by atoms with Crippen LogP contribution in [0.1, 0.15) is 0 Å². The Hall–Kier alpha value is -7.37. The summed E-state index contributed by atoms with van der Waals surface area (Å²) in [7, 11) is 0. The molecule has 0 saturated carbocycles. The van der Waals surface area contributed by atoms with E-state index >= 15 is 0 Å². The van der Waals surface area contributed by atoms with Gasteiger partial charge in [0.1, 0.15) is 11.2 Å². The molecule has 54 heavy (non-hydrogen) atoms. The highest BCUT2D eigenvalue weighted by molar-refractivity contribution is 6.13. The van der Waals surface area contributed by atoms with Crippen molar-refractivity contribution in [3.05, 3.63) is 182 Å². The molecule has 0 N–H and O–H groups in total. The van der Waals surface area contributed by atoms with E-state index in [9.17, 15) is 0 Å². The van der Waals surface area contributed by atoms with Crippen molar-refractivity contribution in [2.45, 2.75) is 0 Å². The van der Waals surface area contributed by atoms with Crippen LogP contribution in [0.4, 0.5) is 0 Å². The first kappa shape index (κ1) is 30.3. The normalized spacial score (nSPS) is 11.7. The number of benzene rings is 8. The van der Waals surface area contributed by atoms with Crippen LogP contribution >= 0.6 is 0 Å². The molecule has 3 heterocycles. The minimum Gasteiger partial charge on any atom is -0.456 e. The molecule has 8 aromatic carbocycles. The third-order valence-corrected chi connectivity index (χ3v) is 10.4. The molecule has 0 spiro atoms. The second-order valence-electron chi connectivity index (χ2n) is 13.7. The van der Waals surface area contributed by atoms with E-state index in [1.807, 2.05) is 60.7 Å². The van der Waals surface area contributed by atoms with Crippen molar-refractivity contribution >= 4 is 54.5 Å². The summed E-state index contributed by atoms with van der Waals surface area (Å²) in [6.07, 6.45) is 0. The number of aromatic nitrogens is 4. The maximum absolute atomic E-state index is 6.10. The monoisotopic (exact) mass is 690 g/mol. The van der Waals surface area contributed by atoms with Crippen LogP contribution in [0.5, 0.6) is 0 Å². The van der Waals surface area contributed by atoms with Crippen molar-refractivity contribution < 1.29 is 4.42 Å². The Morgan fingerprint density at radius 3 is 1.63 bits per heavy atom. The van der Waals surface area contributed by atoms with E-state index in [1.165, 1.54) is 32.6 Å². The summed E-state index contributed by atoms with van der Waals surface area (Å²) in [6.45, 7) is 0. The molecule has 0 unspecified atom stereocenters. The van der Waals surface area contributed by atoms with Gasteiger partial charge in [0.2, 0.25) is 0 Å². The second kappa shape index (κ2) is 12.1. The minimum absolute atomic E-state index is 0.615. The summed E-state index contributed by atoms with van der Waals surface area (Å²) < 4.78 is 8.47. The first-order valence-electron chi connectivity index (χ1n) is 18.1. The van der Waals surface area contributed by atoms with Crippen LogP contribution in [0.3, 0.4) is 0 Å². The quantitative estimate of drug-likeness (QED) is 0.180. The number of para-hydroxylation sites is 2. The molecule has 11 aromatic rings. The molecule has 0 fully saturated rings. The summed E-state index contributed by atoms with van der Waals surface area (Å²) in [5.74, 6) is 1.87. The van der Waals surface area contributed by atoms with E-state index in [0.717, 1.165) is 55.4 Å². The fourth-order valence-electron chi connectivity index (χ4n) is 7.76. The average molecular weight is 691 g/mol. The maximum Gasteiger partial charge on any atom is 0.164 e. The highest BCUT2D eigenvalue weighted by Crippen LogP contribution is 2.36. The van der Waals surface area contributed by atoms with Crippen molar-refractivity contribution in [2.24, 2.45) is 0 Å². The Morgan fingerprint density at radius 2 is 0.870 bits per heavy atom. The molecular formula is C49H30N4O. The number of hydrogen-bond donors (Lipinski definition) is 0. The molecule has 0 aliphatic carbocycles. The fourth-order valence-corrected chi connectivity index (χ4v) is 7.76. The van der Waals surface area contributed by atoms with E-state index in [0.29, 0.717) is 17.5 Å². The van der Waals surface area contributed by atoms with Crippen molar-refractivity contribution in [1.82, 2.24) is 19.5 Å². The lowest BCUT2D eigenvalue weighted by Gasteiger charge is -2.11. The lowest BCUT2D eigenvalue weighted by molar-refractivity contribution is 0.669. The van der Waals surface area contributed by atoms with E-state index in [1.54, 1.807) is 0 Å². The lowest BCUT2D eigenvalue weighted by Crippen LogP contribution is -2.00. The predicted molar refractivity (Wildman–Crippen MR) is 221 cm³/mol. The number of hydrogen-bond acceptors (Lipinski definition) is 4. The van der Waals surface area contributed by atoms with Gasteiger partial charge in [-0.2, -0.15) is 0 Å². The average Bonchev–Trinajstić information content (AvgIpc) is 3.78. The molecule has 0 aliphatic heterocycles. The van der Waals surface area contributed by atoms with Gasteiger partial charge in [0.15, 0.2) is 17.5 Å². The SMILES string of the molecule is c1ccc(-c2nc(-c3ccc(-c4ccc(-n5c6ccccc6c6cc7ccccc7cc65)cc4)cc3)nc(-c3ccc4oc5ccccc5c4c3)n2)cc1. The van der Waals surface area contributed by atoms with Crippen molar-refractivity contribution in [3.8, 4) is 51.0 Å². The Balaban J connectivity index is 0.964. The first-order valence-corrected chi connectivity index (χ1v) is 18.1. The molecular weight excluding hydrogens is 661 g/mol. The molecule has 5 heteroatoms. The van der Waals surface area contributed by atoms with Crippen molar-refractivity contribution in [1.29, 1.82) is 0 Å². The van der Waals surface area contributed by atoms with E-state index < -0.39 is 0 Å². The molecule has 0 bridgehead atoms. The Labute approximate surface area is 310 Å². The van der Waals surface area contributed by atoms with Gasteiger partial charge < -0.3 is 8.98 Å². The van der Waals surface area contributed by atoms with Crippen LogP contribution in [0.25, 0.3) is 105 Å². The van der Waals surface area contributed by atoms with Gasteiger partial charge in [0.25, 0.3) is 0 Å². The molecule has 0 atom stereocenters. The van der Waals surface area contributed by atoms with Crippen molar-refractivity contribution in [3.63, 3.8) is 0 Å². The fraction of sp³-hybridized carbons (Fsp3) is 0. The zero-order valence-corrected chi connectivity index (χ0v) is 29.0. The Kier molecular flexibility index (Phi) is 6.79. The molecule has 252 valence electrons. The largest absolute Gasteiger partial charge is 0.456 e.